The molecule has 1 heterocycles. The van der Waals surface area contributed by atoms with E-state index in [1.54, 1.807) is 36.4 Å². The second-order valence-corrected chi connectivity index (χ2v) is 10.4. The molecule has 4 rings (SSSR count). The van der Waals surface area contributed by atoms with Gasteiger partial charge in [-0.15, -0.1) is 12.4 Å². The molecular weight excluding hydrogens is 506 g/mol. The lowest BCUT2D eigenvalue weighted by Crippen LogP contribution is -2.64. The van der Waals surface area contributed by atoms with Gasteiger partial charge in [0.15, 0.2) is 5.60 Å². The molecule has 1 amide bonds. The summed E-state index contributed by atoms with van der Waals surface area (Å²) in [5.41, 5.74) is 11.6. The summed E-state index contributed by atoms with van der Waals surface area (Å²) in [6, 6.07) is 20.7. The van der Waals surface area contributed by atoms with E-state index in [9.17, 15) is 18.0 Å². The van der Waals surface area contributed by atoms with E-state index >= 15 is 0 Å². The number of nitrogens with two attached hydrogens (primary N) is 2. The lowest BCUT2D eigenvalue weighted by molar-refractivity contribution is -0.138. The Bertz CT molecular complexity index is 1340. The van der Waals surface area contributed by atoms with Crippen LogP contribution >= 0.6 is 12.4 Å². The van der Waals surface area contributed by atoms with Gasteiger partial charge in [0.25, 0.3) is 0 Å². The van der Waals surface area contributed by atoms with Gasteiger partial charge < -0.3 is 21.3 Å². The van der Waals surface area contributed by atoms with Crippen LogP contribution < -0.4 is 16.2 Å². The summed E-state index contributed by atoms with van der Waals surface area (Å²) in [6.45, 7) is 0.131. The number of carboxylic acid groups (broad SMARTS) is 1. The van der Waals surface area contributed by atoms with Crippen molar-refractivity contribution in [1.82, 2.24) is 4.31 Å². The van der Waals surface area contributed by atoms with Crippen molar-refractivity contribution in [1.29, 1.82) is 0 Å². The number of hydrogen-bond donors (Lipinski definition) is 3. The maximum Gasteiger partial charge on any atom is 0.320 e. The fraction of sp³-hybridized carbons (Fsp3) is 0.200. The molecule has 0 spiro atoms. The van der Waals surface area contributed by atoms with Gasteiger partial charge in [0.1, 0.15) is 11.8 Å². The molecule has 1 fully saturated rings. The Hall–Kier alpha value is -3.44. The number of aliphatic carboxylic acids is 1. The number of carbonyl (C=O) groups is 2. The van der Waals surface area contributed by atoms with Gasteiger partial charge in [0.2, 0.25) is 15.9 Å². The van der Waals surface area contributed by atoms with Crippen molar-refractivity contribution in [2.45, 2.75) is 23.0 Å². The van der Waals surface area contributed by atoms with Gasteiger partial charge in [0.05, 0.1) is 18.0 Å². The summed E-state index contributed by atoms with van der Waals surface area (Å²) < 4.78 is 34.3. The monoisotopic (exact) mass is 531 g/mol. The van der Waals surface area contributed by atoms with Crippen LogP contribution in [0.3, 0.4) is 0 Å². The summed E-state index contributed by atoms with van der Waals surface area (Å²) in [7, 11) is -3.87. The molecule has 3 aromatic carbocycles. The zero-order chi connectivity index (χ0) is 25.2. The maximum atomic E-state index is 13.3. The Morgan fingerprint density at radius 2 is 1.64 bits per heavy atom. The zero-order valence-electron chi connectivity index (χ0n) is 19.1. The first-order chi connectivity index (χ1) is 16.6. The van der Waals surface area contributed by atoms with Crippen LogP contribution in [0.25, 0.3) is 0 Å². The van der Waals surface area contributed by atoms with Crippen LogP contribution in [0.2, 0.25) is 0 Å². The number of nitrogens with zero attached hydrogens (tertiary/aromatic N) is 1. The van der Waals surface area contributed by atoms with Crippen molar-refractivity contribution in [3.63, 3.8) is 0 Å². The lowest BCUT2D eigenvalue weighted by atomic mass is 9.87. The van der Waals surface area contributed by atoms with Crippen LogP contribution in [0.4, 0.5) is 0 Å². The number of sulfonamides is 1. The van der Waals surface area contributed by atoms with E-state index in [4.69, 9.17) is 21.3 Å². The number of carbonyl (C=O) groups excluding carboxylic acids is 1. The summed E-state index contributed by atoms with van der Waals surface area (Å²) in [5.74, 6) is -1.24. The summed E-state index contributed by atoms with van der Waals surface area (Å²) >= 11 is 0. The maximum absolute atomic E-state index is 13.3. The van der Waals surface area contributed by atoms with Crippen molar-refractivity contribution in [2.75, 3.05) is 13.1 Å². The molecule has 36 heavy (non-hydrogen) atoms. The SMILES string of the molecule is Cl.NC(=O)c1ccc(OC2(c3ccccc3)CN(S(=O)(=O)c3cccc(CC(N)C(=O)O)c3)C2)cc1. The number of halogens is 1. The van der Waals surface area contributed by atoms with Crippen molar-refractivity contribution < 1.29 is 27.9 Å². The number of benzene rings is 3. The second kappa shape index (κ2) is 10.7. The van der Waals surface area contributed by atoms with Gasteiger partial charge in [-0.25, -0.2) is 8.42 Å². The third kappa shape index (κ3) is 5.52. The molecular formula is C25H26ClN3O6S. The Kier molecular flexibility index (Phi) is 8.05. The van der Waals surface area contributed by atoms with Gasteiger partial charge in [-0.1, -0.05) is 42.5 Å². The van der Waals surface area contributed by atoms with Crippen LogP contribution in [-0.4, -0.2) is 48.8 Å². The van der Waals surface area contributed by atoms with Crippen molar-refractivity contribution >= 4 is 34.3 Å². The number of primary amides is 1. The number of hydrogen-bond acceptors (Lipinski definition) is 6. The smallest absolute Gasteiger partial charge is 0.320 e. The predicted octanol–water partition coefficient (Wildman–Crippen LogP) is 2.14. The predicted molar refractivity (Wildman–Crippen MR) is 135 cm³/mol. The van der Waals surface area contributed by atoms with Crippen molar-refractivity contribution in [3.8, 4) is 5.75 Å². The van der Waals surface area contributed by atoms with Crippen LogP contribution in [0.15, 0.2) is 83.8 Å². The number of amides is 1. The molecule has 3 aromatic rings. The van der Waals surface area contributed by atoms with Crippen LogP contribution in [0.5, 0.6) is 5.75 Å². The normalized spacial score (nSPS) is 15.7. The van der Waals surface area contributed by atoms with E-state index in [-0.39, 0.29) is 36.8 Å². The molecule has 190 valence electrons. The van der Waals surface area contributed by atoms with E-state index in [1.165, 1.54) is 16.4 Å². The Morgan fingerprint density at radius 3 is 2.22 bits per heavy atom. The molecule has 0 saturated carbocycles. The highest BCUT2D eigenvalue weighted by atomic mass is 35.5. The molecule has 0 aromatic heterocycles. The molecule has 0 bridgehead atoms. The molecule has 9 nitrogen and oxygen atoms in total. The van der Waals surface area contributed by atoms with Gasteiger partial charge in [-0.2, -0.15) is 4.31 Å². The van der Waals surface area contributed by atoms with E-state index in [0.717, 1.165) is 5.56 Å². The number of carboxylic acids is 1. The van der Waals surface area contributed by atoms with Gasteiger partial charge >= 0.3 is 5.97 Å². The molecule has 0 radical (unpaired) electrons. The number of ether oxygens (including phenoxy) is 1. The van der Waals surface area contributed by atoms with E-state index in [1.807, 2.05) is 30.3 Å². The molecule has 5 N–H and O–H groups in total. The van der Waals surface area contributed by atoms with Crippen molar-refractivity contribution in [3.05, 3.63) is 95.6 Å². The lowest BCUT2D eigenvalue weighted by Gasteiger charge is -2.48. The third-order valence-corrected chi connectivity index (χ3v) is 7.71. The largest absolute Gasteiger partial charge is 0.480 e. The van der Waals surface area contributed by atoms with E-state index < -0.39 is 33.5 Å². The Labute approximate surface area is 215 Å². The van der Waals surface area contributed by atoms with Gasteiger partial charge in [0, 0.05) is 5.56 Å². The minimum Gasteiger partial charge on any atom is -0.480 e. The summed E-state index contributed by atoms with van der Waals surface area (Å²) in [4.78, 5) is 22.5. The molecule has 1 aliphatic rings. The summed E-state index contributed by atoms with van der Waals surface area (Å²) in [6.07, 6.45) is 0.0110. The first-order valence-electron chi connectivity index (χ1n) is 10.8. The van der Waals surface area contributed by atoms with Crippen molar-refractivity contribution in [2.24, 2.45) is 11.5 Å². The molecule has 1 atom stereocenters. The quantitative estimate of drug-likeness (QED) is 0.382. The topological polar surface area (TPSA) is 153 Å². The third-order valence-electron chi connectivity index (χ3n) is 5.92. The van der Waals surface area contributed by atoms with Crippen LogP contribution in [0, 0.1) is 0 Å². The molecule has 0 aliphatic carbocycles. The zero-order valence-corrected chi connectivity index (χ0v) is 20.7. The van der Waals surface area contributed by atoms with E-state index in [0.29, 0.717) is 16.9 Å². The molecule has 11 heteroatoms. The Morgan fingerprint density at radius 1 is 1.00 bits per heavy atom. The van der Waals surface area contributed by atoms with Crippen LogP contribution in [0.1, 0.15) is 21.5 Å². The standard InChI is InChI=1S/C25H25N3O6S.ClH/c26-22(24(30)31)14-17-5-4-8-21(13-17)35(32,33)28-15-25(16-28,19-6-2-1-3-7-19)34-20-11-9-18(10-12-20)23(27)29;/h1-13,22H,14-16,26H2,(H2,27,29)(H,30,31);1H. The number of rotatable bonds is 9. The average molecular weight is 532 g/mol. The minimum absolute atomic E-state index is 0. The highest BCUT2D eigenvalue weighted by molar-refractivity contribution is 7.89. The molecule has 1 aliphatic heterocycles. The van der Waals surface area contributed by atoms with Gasteiger partial charge in [-0.3, -0.25) is 9.59 Å². The molecule has 1 saturated heterocycles. The average Bonchev–Trinajstić information content (AvgIpc) is 2.82. The Balaban J connectivity index is 0.00000361. The van der Waals surface area contributed by atoms with Gasteiger partial charge in [-0.05, 0) is 53.9 Å². The van der Waals surface area contributed by atoms with Crippen LogP contribution in [-0.2, 0) is 26.8 Å². The fourth-order valence-electron chi connectivity index (χ4n) is 3.98. The van der Waals surface area contributed by atoms with E-state index in [2.05, 4.69) is 0 Å². The second-order valence-electron chi connectivity index (χ2n) is 8.42. The highest BCUT2D eigenvalue weighted by Gasteiger charge is 2.52. The minimum atomic E-state index is -3.87. The first-order valence-corrected chi connectivity index (χ1v) is 12.3. The summed E-state index contributed by atoms with van der Waals surface area (Å²) in [5, 5.41) is 9.05. The first kappa shape index (κ1) is 27.2. The fourth-order valence-corrected chi connectivity index (χ4v) is 5.58. The highest BCUT2D eigenvalue weighted by Crippen LogP contribution is 2.40. The molecule has 1 unspecified atom stereocenters.